The van der Waals surface area contributed by atoms with Crippen LogP contribution in [-0.4, -0.2) is 20.9 Å². The van der Waals surface area contributed by atoms with Gasteiger partial charge in [-0.3, -0.25) is 19.6 Å². The van der Waals surface area contributed by atoms with E-state index >= 15 is 0 Å². The Morgan fingerprint density at radius 3 is 2.35 bits per heavy atom. The lowest BCUT2D eigenvalue weighted by Crippen LogP contribution is -2.17. The molecule has 1 N–H and O–H groups in total. The summed E-state index contributed by atoms with van der Waals surface area (Å²) in [6.45, 7) is 0.627. The first kappa shape index (κ1) is 16.4. The van der Waals surface area contributed by atoms with E-state index < -0.39 is 0 Å². The zero-order valence-electron chi connectivity index (χ0n) is 13.8. The van der Waals surface area contributed by atoms with Gasteiger partial charge in [0.25, 0.3) is 11.1 Å². The van der Waals surface area contributed by atoms with Crippen LogP contribution in [0.3, 0.4) is 0 Å². The highest BCUT2D eigenvalue weighted by atomic mass is 32.2. The Balaban J connectivity index is 1.75. The summed E-state index contributed by atoms with van der Waals surface area (Å²) in [5.74, 6) is -0.366. The highest BCUT2D eigenvalue weighted by Gasteiger charge is 2.25. The van der Waals surface area contributed by atoms with Crippen molar-refractivity contribution in [2.24, 2.45) is 0 Å². The molecule has 26 heavy (non-hydrogen) atoms. The number of carbonyl (C=O) groups is 2. The van der Waals surface area contributed by atoms with Crippen molar-refractivity contribution >= 4 is 29.0 Å². The average Bonchev–Trinajstić information content (AvgIpc) is 3.19. The van der Waals surface area contributed by atoms with Gasteiger partial charge in [0.1, 0.15) is 0 Å². The van der Waals surface area contributed by atoms with Gasteiger partial charge in [0.2, 0.25) is 0 Å². The third kappa shape index (κ3) is 3.45. The number of nitrogens with zero attached hydrogens (tertiary/aromatic N) is 2. The van der Waals surface area contributed by atoms with Crippen LogP contribution in [0.1, 0.15) is 11.1 Å². The number of thioether (sulfide) groups is 1. The lowest BCUT2D eigenvalue weighted by molar-refractivity contribution is -0.115. The maximum Gasteiger partial charge on any atom is 0.290 e. The molecule has 2 aromatic carbocycles. The lowest BCUT2D eigenvalue weighted by atomic mass is 10.1. The van der Waals surface area contributed by atoms with Gasteiger partial charge in [-0.1, -0.05) is 60.7 Å². The number of nitrogens with one attached hydrogen (secondary N) is 1. The predicted molar refractivity (Wildman–Crippen MR) is 102 cm³/mol. The van der Waals surface area contributed by atoms with Crippen molar-refractivity contribution in [2.75, 3.05) is 0 Å². The first-order chi connectivity index (χ1) is 12.7. The molecule has 1 aliphatic rings. The summed E-state index contributed by atoms with van der Waals surface area (Å²) in [6, 6.07) is 19.8. The van der Waals surface area contributed by atoms with Gasteiger partial charge in [0, 0.05) is 17.3 Å². The number of hydrogen-bond donors (Lipinski definition) is 1. The van der Waals surface area contributed by atoms with Gasteiger partial charge < -0.3 is 0 Å². The van der Waals surface area contributed by atoms with E-state index in [2.05, 4.69) is 5.32 Å². The second-order valence-corrected chi connectivity index (χ2v) is 6.85. The standard InChI is InChI=1S/C20H15N3O2S/c24-19-17(26-20(25)21-19)11-16-13-23(12-14-7-3-1-4-8-14)22-18(16)15-9-5-2-6-10-15/h1-11,13H,12H2,(H,21,24,25). The second-order valence-electron chi connectivity index (χ2n) is 5.83. The first-order valence-corrected chi connectivity index (χ1v) is 8.92. The molecule has 1 fully saturated rings. The molecule has 0 spiro atoms. The normalized spacial score (nSPS) is 15.5. The molecule has 0 bridgehead atoms. The molecule has 5 nitrogen and oxygen atoms in total. The van der Waals surface area contributed by atoms with Gasteiger partial charge in [-0.05, 0) is 23.4 Å². The molecular weight excluding hydrogens is 346 g/mol. The monoisotopic (exact) mass is 361 g/mol. The van der Waals surface area contributed by atoms with Crippen LogP contribution in [-0.2, 0) is 11.3 Å². The van der Waals surface area contributed by atoms with E-state index in [9.17, 15) is 9.59 Å². The molecule has 0 radical (unpaired) electrons. The molecule has 0 saturated carbocycles. The number of benzene rings is 2. The minimum Gasteiger partial charge on any atom is -0.282 e. The Bertz CT molecular complexity index is 994. The first-order valence-electron chi connectivity index (χ1n) is 8.11. The fraction of sp³-hybridized carbons (Fsp3) is 0.0500. The molecule has 1 aromatic heterocycles. The summed E-state index contributed by atoms with van der Waals surface area (Å²) in [6.07, 6.45) is 3.63. The quantitative estimate of drug-likeness (QED) is 0.716. The number of hydrogen-bond acceptors (Lipinski definition) is 4. The van der Waals surface area contributed by atoms with E-state index in [1.807, 2.05) is 71.5 Å². The molecule has 6 heteroatoms. The SMILES string of the molecule is O=C1NC(=O)C(=Cc2cn(Cc3ccccc3)nc2-c2ccccc2)S1. The van der Waals surface area contributed by atoms with Crippen molar-refractivity contribution in [1.82, 2.24) is 15.1 Å². The van der Waals surface area contributed by atoms with Crippen LogP contribution in [0.25, 0.3) is 17.3 Å². The van der Waals surface area contributed by atoms with E-state index in [0.717, 1.165) is 34.1 Å². The summed E-state index contributed by atoms with van der Waals surface area (Å²) in [5, 5.41) is 6.64. The van der Waals surface area contributed by atoms with Crippen LogP contribution in [0.15, 0.2) is 71.8 Å². The van der Waals surface area contributed by atoms with Crippen LogP contribution in [0.5, 0.6) is 0 Å². The largest absolute Gasteiger partial charge is 0.290 e. The molecule has 2 heterocycles. The molecule has 0 aliphatic carbocycles. The fourth-order valence-electron chi connectivity index (χ4n) is 2.78. The van der Waals surface area contributed by atoms with E-state index in [-0.39, 0.29) is 11.1 Å². The van der Waals surface area contributed by atoms with Crippen LogP contribution in [0.4, 0.5) is 4.79 Å². The van der Waals surface area contributed by atoms with E-state index in [1.165, 1.54) is 0 Å². The summed E-state index contributed by atoms with van der Waals surface area (Å²) >= 11 is 0.910. The number of carbonyl (C=O) groups excluding carboxylic acids is 2. The Morgan fingerprint density at radius 2 is 1.69 bits per heavy atom. The van der Waals surface area contributed by atoms with Crippen LogP contribution in [0, 0.1) is 0 Å². The Kier molecular flexibility index (Phi) is 4.41. The highest BCUT2D eigenvalue weighted by Crippen LogP contribution is 2.30. The van der Waals surface area contributed by atoms with Crippen molar-refractivity contribution in [3.8, 4) is 11.3 Å². The number of aromatic nitrogens is 2. The Hall–Kier alpha value is -3.12. The van der Waals surface area contributed by atoms with Crippen LogP contribution in [0.2, 0.25) is 0 Å². The molecule has 0 unspecified atom stereocenters. The zero-order chi connectivity index (χ0) is 17.9. The summed E-state index contributed by atoms with van der Waals surface area (Å²) in [5.41, 5.74) is 3.68. The second kappa shape index (κ2) is 7.01. The fourth-order valence-corrected chi connectivity index (χ4v) is 3.45. The topological polar surface area (TPSA) is 64.0 Å². The molecule has 1 saturated heterocycles. The van der Waals surface area contributed by atoms with E-state index in [0.29, 0.717) is 11.4 Å². The maximum atomic E-state index is 11.9. The van der Waals surface area contributed by atoms with Crippen LogP contribution >= 0.6 is 11.8 Å². The molecule has 128 valence electrons. The van der Waals surface area contributed by atoms with E-state index in [1.54, 1.807) is 6.08 Å². The van der Waals surface area contributed by atoms with Crippen molar-refractivity contribution in [2.45, 2.75) is 6.54 Å². The van der Waals surface area contributed by atoms with Gasteiger partial charge in [-0.2, -0.15) is 5.10 Å². The molecule has 3 aromatic rings. The van der Waals surface area contributed by atoms with Gasteiger partial charge >= 0.3 is 0 Å². The highest BCUT2D eigenvalue weighted by molar-refractivity contribution is 8.18. The Labute approximate surface area is 154 Å². The van der Waals surface area contributed by atoms with Gasteiger partial charge in [-0.15, -0.1) is 0 Å². The molecule has 0 atom stereocenters. The molecule has 1 aliphatic heterocycles. The molecule has 4 rings (SSSR count). The minimum atomic E-state index is -0.366. The van der Waals surface area contributed by atoms with Crippen LogP contribution < -0.4 is 5.32 Å². The van der Waals surface area contributed by atoms with Crippen molar-refractivity contribution in [3.05, 3.63) is 82.9 Å². The smallest absolute Gasteiger partial charge is 0.282 e. The summed E-state index contributed by atoms with van der Waals surface area (Å²) in [4.78, 5) is 23.7. The van der Waals surface area contributed by atoms with Gasteiger partial charge in [0.05, 0.1) is 17.1 Å². The average molecular weight is 361 g/mol. The summed E-state index contributed by atoms with van der Waals surface area (Å²) in [7, 11) is 0. The van der Waals surface area contributed by atoms with Crippen molar-refractivity contribution in [3.63, 3.8) is 0 Å². The third-order valence-electron chi connectivity index (χ3n) is 3.95. The van der Waals surface area contributed by atoms with Gasteiger partial charge in [-0.25, -0.2) is 0 Å². The van der Waals surface area contributed by atoms with Crippen molar-refractivity contribution < 1.29 is 9.59 Å². The molecule has 2 amide bonds. The molecular formula is C20H15N3O2S. The van der Waals surface area contributed by atoms with E-state index in [4.69, 9.17) is 5.10 Å². The minimum absolute atomic E-state index is 0.348. The Morgan fingerprint density at radius 1 is 1.00 bits per heavy atom. The van der Waals surface area contributed by atoms with Crippen molar-refractivity contribution in [1.29, 1.82) is 0 Å². The lowest BCUT2D eigenvalue weighted by Gasteiger charge is -2.01. The predicted octanol–water partition coefficient (Wildman–Crippen LogP) is 3.92. The zero-order valence-corrected chi connectivity index (χ0v) is 14.6. The third-order valence-corrected chi connectivity index (χ3v) is 4.76. The number of rotatable bonds is 4. The summed E-state index contributed by atoms with van der Waals surface area (Å²) < 4.78 is 1.85. The number of amides is 2. The van der Waals surface area contributed by atoms with Gasteiger partial charge in [0.15, 0.2) is 0 Å². The maximum absolute atomic E-state index is 11.9. The number of imide groups is 1.